The third-order valence-electron chi connectivity index (χ3n) is 5.78. The second kappa shape index (κ2) is 8.11. The first-order valence-corrected chi connectivity index (χ1v) is 11.4. The highest BCUT2D eigenvalue weighted by Gasteiger charge is 2.23. The molecule has 2 heterocycles. The molecular formula is C21H27N3O3S. The van der Waals surface area contributed by atoms with Crippen molar-refractivity contribution in [3.8, 4) is 5.75 Å². The van der Waals surface area contributed by atoms with Gasteiger partial charge in [0.15, 0.2) is 0 Å². The summed E-state index contributed by atoms with van der Waals surface area (Å²) >= 11 is 0. The maximum absolute atomic E-state index is 11.4. The molecular weight excluding hydrogens is 374 g/mol. The lowest BCUT2D eigenvalue weighted by molar-refractivity contribution is 0.223. The largest absolute Gasteiger partial charge is 0.493 e. The van der Waals surface area contributed by atoms with Crippen LogP contribution in [0.1, 0.15) is 24.3 Å². The van der Waals surface area contributed by atoms with Gasteiger partial charge in [-0.1, -0.05) is 18.2 Å². The number of para-hydroxylation sites is 1. The summed E-state index contributed by atoms with van der Waals surface area (Å²) in [4.78, 5) is 4.98. The number of hydrogen-bond donors (Lipinski definition) is 1. The van der Waals surface area contributed by atoms with Crippen molar-refractivity contribution in [2.75, 3.05) is 44.2 Å². The molecule has 0 spiro atoms. The Morgan fingerprint density at radius 3 is 2.43 bits per heavy atom. The van der Waals surface area contributed by atoms with Crippen LogP contribution in [0.3, 0.4) is 0 Å². The van der Waals surface area contributed by atoms with Gasteiger partial charge in [-0.25, -0.2) is 13.6 Å². The van der Waals surface area contributed by atoms with E-state index in [1.54, 1.807) is 12.1 Å². The third kappa shape index (κ3) is 4.32. The number of primary sulfonamides is 1. The van der Waals surface area contributed by atoms with Gasteiger partial charge in [-0.15, -0.1) is 0 Å². The molecule has 0 radical (unpaired) electrons. The maximum Gasteiger partial charge on any atom is 0.238 e. The highest BCUT2D eigenvalue weighted by Crippen LogP contribution is 2.35. The molecule has 2 aromatic carbocycles. The summed E-state index contributed by atoms with van der Waals surface area (Å²) < 4.78 is 28.6. The van der Waals surface area contributed by atoms with Crippen molar-refractivity contribution in [1.82, 2.24) is 4.90 Å². The van der Waals surface area contributed by atoms with Gasteiger partial charge in [0.2, 0.25) is 10.0 Å². The van der Waals surface area contributed by atoms with Crippen molar-refractivity contribution in [3.63, 3.8) is 0 Å². The topological polar surface area (TPSA) is 75.9 Å². The molecule has 0 bridgehead atoms. The Hall–Kier alpha value is -2.09. The van der Waals surface area contributed by atoms with Crippen molar-refractivity contribution >= 4 is 15.7 Å². The average molecular weight is 402 g/mol. The van der Waals surface area contributed by atoms with Crippen molar-refractivity contribution in [2.45, 2.75) is 23.7 Å². The number of nitrogens with zero attached hydrogens (tertiary/aromatic N) is 2. The Kier molecular flexibility index (Phi) is 5.57. The zero-order valence-electron chi connectivity index (χ0n) is 16.0. The minimum absolute atomic E-state index is 0.159. The zero-order chi connectivity index (χ0) is 19.6. The molecule has 2 aromatic rings. The minimum atomic E-state index is -3.63. The SMILES string of the molecule is NS(=O)(=O)c1ccc(N2CCN(CC[C@@H]3CCOc4ccccc43)CC2)cc1. The van der Waals surface area contributed by atoms with E-state index in [1.807, 2.05) is 18.2 Å². The first-order valence-electron chi connectivity index (χ1n) is 9.82. The molecule has 0 aromatic heterocycles. The van der Waals surface area contributed by atoms with Crippen LogP contribution in [-0.4, -0.2) is 52.6 Å². The predicted octanol–water partition coefficient (Wildman–Crippen LogP) is 2.41. The van der Waals surface area contributed by atoms with Gasteiger partial charge in [-0.05, 0) is 61.2 Å². The van der Waals surface area contributed by atoms with Gasteiger partial charge in [0.05, 0.1) is 11.5 Å². The zero-order valence-corrected chi connectivity index (χ0v) is 16.8. The Morgan fingerprint density at radius 2 is 1.71 bits per heavy atom. The Bertz CT molecular complexity index is 907. The Labute approximate surface area is 166 Å². The number of piperazine rings is 1. The fraction of sp³-hybridized carbons (Fsp3) is 0.429. The van der Waals surface area contributed by atoms with Gasteiger partial charge in [0, 0.05) is 31.9 Å². The second-order valence-corrected chi connectivity index (χ2v) is 9.09. The highest BCUT2D eigenvalue weighted by atomic mass is 32.2. The molecule has 2 N–H and O–H groups in total. The Balaban J connectivity index is 1.29. The fourth-order valence-corrected chi connectivity index (χ4v) is 4.65. The van der Waals surface area contributed by atoms with Crippen LogP contribution in [0, 0.1) is 0 Å². The van der Waals surface area contributed by atoms with Crippen molar-refractivity contribution < 1.29 is 13.2 Å². The summed E-state index contributed by atoms with van der Waals surface area (Å²) in [5, 5.41) is 5.17. The van der Waals surface area contributed by atoms with Gasteiger partial charge in [-0.2, -0.15) is 0 Å². The van der Waals surface area contributed by atoms with Crippen molar-refractivity contribution in [2.24, 2.45) is 5.14 Å². The number of hydrogen-bond acceptors (Lipinski definition) is 5. The van der Waals surface area contributed by atoms with E-state index in [4.69, 9.17) is 9.88 Å². The van der Waals surface area contributed by atoms with E-state index in [-0.39, 0.29) is 4.90 Å². The lowest BCUT2D eigenvalue weighted by Crippen LogP contribution is -2.46. The summed E-state index contributed by atoms with van der Waals surface area (Å²) in [7, 11) is -3.63. The second-order valence-electron chi connectivity index (χ2n) is 7.53. The molecule has 0 amide bonds. The van der Waals surface area contributed by atoms with Gasteiger partial charge in [0.1, 0.15) is 5.75 Å². The summed E-state index contributed by atoms with van der Waals surface area (Å²) in [5.41, 5.74) is 2.40. The summed E-state index contributed by atoms with van der Waals surface area (Å²) in [5.74, 6) is 1.63. The summed E-state index contributed by atoms with van der Waals surface area (Å²) in [6.45, 7) is 5.82. The van der Waals surface area contributed by atoms with Gasteiger partial charge >= 0.3 is 0 Å². The summed E-state index contributed by atoms with van der Waals surface area (Å²) in [6.07, 6.45) is 2.25. The average Bonchev–Trinajstić information content (AvgIpc) is 2.72. The smallest absolute Gasteiger partial charge is 0.238 e. The van der Waals surface area contributed by atoms with Crippen LogP contribution in [0.5, 0.6) is 5.75 Å². The molecule has 4 rings (SSSR count). The minimum Gasteiger partial charge on any atom is -0.493 e. The number of fused-ring (bicyclic) bond motifs is 1. The number of rotatable bonds is 5. The number of nitrogens with two attached hydrogens (primary N) is 1. The van der Waals surface area contributed by atoms with Crippen molar-refractivity contribution in [3.05, 3.63) is 54.1 Å². The lowest BCUT2D eigenvalue weighted by atomic mass is 9.90. The normalized spacial score (nSPS) is 20.5. The van der Waals surface area contributed by atoms with E-state index in [2.05, 4.69) is 28.0 Å². The number of anilines is 1. The van der Waals surface area contributed by atoms with E-state index in [1.165, 1.54) is 5.56 Å². The number of sulfonamides is 1. The molecule has 28 heavy (non-hydrogen) atoms. The predicted molar refractivity (Wildman–Crippen MR) is 110 cm³/mol. The summed E-state index contributed by atoms with van der Waals surface area (Å²) in [6, 6.07) is 15.3. The van der Waals surface area contributed by atoms with Crippen molar-refractivity contribution in [1.29, 1.82) is 0 Å². The quantitative estimate of drug-likeness (QED) is 0.833. The molecule has 7 heteroatoms. The van der Waals surface area contributed by atoms with Crippen LogP contribution >= 0.6 is 0 Å². The molecule has 150 valence electrons. The first kappa shape index (κ1) is 19.2. The van der Waals surface area contributed by atoms with E-state index < -0.39 is 10.0 Å². The van der Waals surface area contributed by atoms with Crippen LogP contribution in [0.4, 0.5) is 5.69 Å². The molecule has 0 saturated carbocycles. The Morgan fingerprint density at radius 1 is 1.00 bits per heavy atom. The third-order valence-corrected chi connectivity index (χ3v) is 6.71. The van der Waals surface area contributed by atoms with Crippen LogP contribution in [0.2, 0.25) is 0 Å². The highest BCUT2D eigenvalue weighted by molar-refractivity contribution is 7.89. The number of benzene rings is 2. The van der Waals surface area contributed by atoms with Gasteiger partial charge in [0.25, 0.3) is 0 Å². The standard InChI is InChI=1S/C21H27N3O3S/c22-28(25,26)19-7-5-18(6-8-19)24-14-12-23(13-15-24)11-9-17-10-16-27-21-4-2-1-3-20(17)21/h1-8,17H,9-16H2,(H2,22,25,26)/t17-/m1/s1. The van der Waals surface area contributed by atoms with Crippen LogP contribution in [0.15, 0.2) is 53.4 Å². The molecule has 1 atom stereocenters. The molecule has 6 nitrogen and oxygen atoms in total. The first-order chi connectivity index (χ1) is 13.5. The lowest BCUT2D eigenvalue weighted by Gasteiger charge is -2.37. The molecule has 2 aliphatic heterocycles. The van der Waals surface area contributed by atoms with Gasteiger partial charge < -0.3 is 9.64 Å². The van der Waals surface area contributed by atoms with Crippen LogP contribution in [-0.2, 0) is 10.0 Å². The molecule has 1 fully saturated rings. The molecule has 2 aliphatic rings. The van der Waals surface area contributed by atoms with E-state index >= 15 is 0 Å². The molecule has 1 saturated heterocycles. The fourth-order valence-electron chi connectivity index (χ4n) is 4.13. The van der Waals surface area contributed by atoms with E-state index in [0.717, 1.165) is 63.6 Å². The van der Waals surface area contributed by atoms with Crippen LogP contribution in [0.25, 0.3) is 0 Å². The number of ether oxygens (including phenoxy) is 1. The van der Waals surface area contributed by atoms with Gasteiger partial charge in [-0.3, -0.25) is 4.90 Å². The molecule has 0 unspecified atom stereocenters. The monoisotopic (exact) mass is 401 g/mol. The van der Waals surface area contributed by atoms with E-state index in [9.17, 15) is 8.42 Å². The van der Waals surface area contributed by atoms with E-state index in [0.29, 0.717) is 5.92 Å². The van der Waals surface area contributed by atoms with Crippen LogP contribution < -0.4 is 14.8 Å². The maximum atomic E-state index is 11.4. The molecule has 0 aliphatic carbocycles.